The number of aliphatic carboxylic acids is 2. The maximum Gasteiger partial charge on any atom is 0.327 e. The standard InChI is InChI=1S/C4H10O3.2C3H4O2/c1-3-5-7-6-4-2;2*1-2-3(4)5/h3-4H2,1-2H3;2*2H,1H2,(H,4,5). The first-order valence-electron chi connectivity index (χ1n) is 4.57. The summed E-state index contributed by atoms with van der Waals surface area (Å²) in [6, 6.07) is 0. The summed E-state index contributed by atoms with van der Waals surface area (Å²) >= 11 is 0. The molecule has 0 rings (SSSR count). The Bertz CT molecular complexity index is 191. The van der Waals surface area contributed by atoms with Crippen LogP contribution in [0.5, 0.6) is 0 Å². The van der Waals surface area contributed by atoms with Gasteiger partial charge in [0.25, 0.3) is 0 Å². The molecule has 7 heteroatoms. The van der Waals surface area contributed by atoms with Crippen molar-refractivity contribution in [2.24, 2.45) is 0 Å². The summed E-state index contributed by atoms with van der Waals surface area (Å²) in [5.74, 6) is -1.96. The van der Waals surface area contributed by atoms with Crippen molar-refractivity contribution in [1.29, 1.82) is 0 Å². The Kier molecular flexibility index (Phi) is 24.1. The molecule has 0 aliphatic rings. The zero-order valence-electron chi connectivity index (χ0n) is 9.92. The summed E-state index contributed by atoms with van der Waals surface area (Å²) in [5.41, 5.74) is 0. The molecule has 0 aromatic heterocycles. The Morgan fingerprint density at radius 1 is 1.00 bits per heavy atom. The summed E-state index contributed by atoms with van der Waals surface area (Å²) in [6.45, 7) is 10.6. The third-order valence-corrected chi connectivity index (χ3v) is 0.681. The van der Waals surface area contributed by atoms with E-state index in [4.69, 9.17) is 10.2 Å². The minimum atomic E-state index is -0.981. The fourth-order valence-electron chi connectivity index (χ4n) is 0.130. The Morgan fingerprint density at radius 2 is 1.24 bits per heavy atom. The van der Waals surface area contributed by atoms with Gasteiger partial charge in [0.1, 0.15) is 0 Å². The van der Waals surface area contributed by atoms with E-state index in [-0.39, 0.29) is 0 Å². The van der Waals surface area contributed by atoms with Gasteiger partial charge in [-0.15, -0.1) is 0 Å². The van der Waals surface area contributed by atoms with E-state index < -0.39 is 11.9 Å². The van der Waals surface area contributed by atoms with Crippen molar-refractivity contribution in [3.63, 3.8) is 0 Å². The highest BCUT2D eigenvalue weighted by Gasteiger charge is 1.77. The normalized spacial score (nSPS) is 7.65. The first-order chi connectivity index (χ1) is 7.95. The van der Waals surface area contributed by atoms with E-state index in [0.717, 1.165) is 12.2 Å². The molecule has 0 spiro atoms. The van der Waals surface area contributed by atoms with Gasteiger partial charge in [0.15, 0.2) is 0 Å². The van der Waals surface area contributed by atoms with Gasteiger partial charge in [-0.25, -0.2) is 19.4 Å². The van der Waals surface area contributed by atoms with Crippen LogP contribution in [-0.4, -0.2) is 35.4 Å². The molecular weight excluding hydrogens is 232 g/mol. The predicted molar refractivity (Wildman–Crippen MR) is 60.0 cm³/mol. The second-order valence-corrected chi connectivity index (χ2v) is 1.97. The molecule has 0 bridgehead atoms. The van der Waals surface area contributed by atoms with Gasteiger partial charge in [0, 0.05) is 12.2 Å². The molecule has 0 unspecified atom stereocenters. The Hall–Kier alpha value is -1.70. The molecule has 0 fully saturated rings. The SMILES string of the molecule is C=CC(=O)O.C=CC(=O)O.CCOOOCC. The van der Waals surface area contributed by atoms with Gasteiger partial charge in [0.2, 0.25) is 0 Å². The maximum atomic E-state index is 9.25. The van der Waals surface area contributed by atoms with Crippen LogP contribution in [0.25, 0.3) is 0 Å². The van der Waals surface area contributed by atoms with Gasteiger partial charge in [-0.3, -0.25) is 0 Å². The van der Waals surface area contributed by atoms with Crippen LogP contribution in [0.3, 0.4) is 0 Å². The molecular formula is C10H18O7. The monoisotopic (exact) mass is 250 g/mol. The number of hydrogen-bond acceptors (Lipinski definition) is 5. The van der Waals surface area contributed by atoms with Crippen LogP contribution in [0.1, 0.15) is 13.8 Å². The summed E-state index contributed by atoms with van der Waals surface area (Å²) in [4.78, 5) is 27.2. The van der Waals surface area contributed by atoms with Gasteiger partial charge in [-0.05, 0) is 13.8 Å². The number of carboxylic acids is 2. The van der Waals surface area contributed by atoms with E-state index in [0.29, 0.717) is 13.2 Å². The van der Waals surface area contributed by atoms with Crippen molar-refractivity contribution in [2.75, 3.05) is 13.2 Å². The van der Waals surface area contributed by atoms with Crippen molar-refractivity contribution in [1.82, 2.24) is 0 Å². The number of carboxylic acid groups (broad SMARTS) is 2. The van der Waals surface area contributed by atoms with Crippen LogP contribution in [-0.2, 0) is 24.4 Å². The fraction of sp³-hybridized carbons (Fsp3) is 0.400. The largest absolute Gasteiger partial charge is 0.478 e. The number of rotatable bonds is 6. The second-order valence-electron chi connectivity index (χ2n) is 1.97. The molecule has 7 nitrogen and oxygen atoms in total. The van der Waals surface area contributed by atoms with Crippen LogP contribution in [0.4, 0.5) is 0 Å². The van der Waals surface area contributed by atoms with E-state index in [9.17, 15) is 9.59 Å². The lowest BCUT2D eigenvalue weighted by Crippen LogP contribution is -1.94. The molecule has 0 aliphatic carbocycles. The highest BCUT2D eigenvalue weighted by molar-refractivity contribution is 5.79. The van der Waals surface area contributed by atoms with Crippen LogP contribution in [0, 0.1) is 0 Å². The van der Waals surface area contributed by atoms with E-state index in [2.05, 4.69) is 28.0 Å². The average molecular weight is 250 g/mol. The highest BCUT2D eigenvalue weighted by atomic mass is 17.5. The summed E-state index contributed by atoms with van der Waals surface area (Å²) < 4.78 is 0. The number of carbonyl (C=O) groups is 2. The predicted octanol–water partition coefficient (Wildman–Crippen LogP) is 1.42. The van der Waals surface area contributed by atoms with Crippen molar-refractivity contribution in [3.8, 4) is 0 Å². The molecule has 2 N–H and O–H groups in total. The molecule has 0 saturated carbocycles. The summed E-state index contributed by atoms with van der Waals surface area (Å²) in [7, 11) is 0. The van der Waals surface area contributed by atoms with Crippen molar-refractivity contribution in [2.45, 2.75) is 13.8 Å². The van der Waals surface area contributed by atoms with Crippen molar-refractivity contribution >= 4 is 11.9 Å². The topological polar surface area (TPSA) is 102 Å². The van der Waals surface area contributed by atoms with Gasteiger partial charge in [-0.1, -0.05) is 18.2 Å². The van der Waals surface area contributed by atoms with E-state index in [1.807, 2.05) is 13.8 Å². The molecule has 0 radical (unpaired) electrons. The third-order valence-electron chi connectivity index (χ3n) is 0.681. The van der Waals surface area contributed by atoms with Crippen LogP contribution in [0.15, 0.2) is 25.3 Å². The summed E-state index contributed by atoms with van der Waals surface area (Å²) in [5, 5.41) is 19.3. The van der Waals surface area contributed by atoms with Crippen molar-refractivity contribution < 1.29 is 34.6 Å². The number of hydrogen-bond donors (Lipinski definition) is 2. The van der Waals surface area contributed by atoms with E-state index >= 15 is 0 Å². The molecule has 100 valence electrons. The molecule has 17 heavy (non-hydrogen) atoms. The third kappa shape index (κ3) is 54.5. The first-order valence-corrected chi connectivity index (χ1v) is 4.57. The molecule has 0 aromatic carbocycles. The maximum absolute atomic E-state index is 9.25. The highest BCUT2D eigenvalue weighted by Crippen LogP contribution is 1.77. The molecule has 0 amide bonds. The van der Waals surface area contributed by atoms with Gasteiger partial charge < -0.3 is 10.2 Å². The van der Waals surface area contributed by atoms with E-state index in [1.165, 1.54) is 0 Å². The Morgan fingerprint density at radius 3 is 1.35 bits per heavy atom. The minimum Gasteiger partial charge on any atom is -0.478 e. The fourth-order valence-corrected chi connectivity index (χ4v) is 0.130. The minimum absolute atomic E-state index is 0.514. The van der Waals surface area contributed by atoms with Crippen LogP contribution >= 0.6 is 0 Å². The van der Waals surface area contributed by atoms with Crippen molar-refractivity contribution in [3.05, 3.63) is 25.3 Å². The zero-order valence-corrected chi connectivity index (χ0v) is 9.92. The molecule has 0 saturated heterocycles. The molecule has 0 atom stereocenters. The average Bonchev–Trinajstić information content (AvgIpc) is 2.31. The van der Waals surface area contributed by atoms with Gasteiger partial charge in [0.05, 0.1) is 13.2 Å². The second kappa shape index (κ2) is 19.8. The van der Waals surface area contributed by atoms with Crippen LogP contribution in [0.2, 0.25) is 0 Å². The van der Waals surface area contributed by atoms with E-state index in [1.54, 1.807) is 0 Å². The first kappa shape index (κ1) is 20.7. The Labute approximate surface area is 99.8 Å². The van der Waals surface area contributed by atoms with Gasteiger partial charge >= 0.3 is 11.9 Å². The lowest BCUT2D eigenvalue weighted by atomic mass is 10.7. The molecule has 0 aliphatic heterocycles. The summed E-state index contributed by atoms with van der Waals surface area (Å²) in [6.07, 6.45) is 1.67. The smallest absolute Gasteiger partial charge is 0.327 e. The van der Waals surface area contributed by atoms with Crippen LogP contribution < -0.4 is 0 Å². The zero-order chi connectivity index (χ0) is 14.1. The Balaban J connectivity index is -0.000000177. The van der Waals surface area contributed by atoms with Gasteiger partial charge in [-0.2, -0.15) is 0 Å². The molecule has 0 aromatic rings. The molecule has 0 heterocycles. The quantitative estimate of drug-likeness (QED) is 0.318. The lowest BCUT2D eigenvalue weighted by molar-refractivity contribution is -0.509. The lowest BCUT2D eigenvalue weighted by Gasteiger charge is -1.94.